The van der Waals surface area contributed by atoms with E-state index in [-0.39, 0.29) is 12.5 Å². The van der Waals surface area contributed by atoms with Crippen LogP contribution < -0.4 is 4.90 Å². The second kappa shape index (κ2) is 6.96. The number of amides is 1. The van der Waals surface area contributed by atoms with Crippen molar-refractivity contribution in [2.45, 2.75) is 18.4 Å². The van der Waals surface area contributed by atoms with E-state index in [4.69, 9.17) is 0 Å². The van der Waals surface area contributed by atoms with Gasteiger partial charge in [0.2, 0.25) is 0 Å². The Bertz CT molecular complexity index is 944. The third kappa shape index (κ3) is 3.61. The van der Waals surface area contributed by atoms with Crippen LogP contribution in [0.3, 0.4) is 0 Å². The second-order valence-electron chi connectivity index (χ2n) is 7.11. The van der Waals surface area contributed by atoms with E-state index in [9.17, 15) is 9.90 Å². The maximum absolute atomic E-state index is 12.8. The molecule has 4 rings (SSSR count). The Kier molecular flexibility index (Phi) is 4.49. The Labute approximate surface area is 156 Å². The molecule has 1 saturated heterocycles. The molecule has 8 heteroatoms. The maximum atomic E-state index is 12.8. The number of fused-ring (bicyclic) bond motifs is 1. The van der Waals surface area contributed by atoms with Crippen LogP contribution in [-0.2, 0) is 0 Å². The number of H-pyrrole nitrogens is 1. The van der Waals surface area contributed by atoms with Gasteiger partial charge in [-0.05, 0) is 31.0 Å². The van der Waals surface area contributed by atoms with Crippen molar-refractivity contribution in [3.8, 4) is 0 Å². The lowest BCUT2D eigenvalue weighted by molar-refractivity contribution is -0.000140. The molecular weight excluding hydrogens is 344 g/mol. The fraction of sp³-hybridized carbons (Fsp3) is 0.368. The van der Waals surface area contributed by atoms with Crippen LogP contribution in [0.2, 0.25) is 0 Å². The number of nitrogens with one attached hydrogen (secondary N) is 1. The number of aliphatic hydroxyl groups is 1. The van der Waals surface area contributed by atoms with E-state index < -0.39 is 5.60 Å². The summed E-state index contributed by atoms with van der Waals surface area (Å²) < 4.78 is 0. The number of aromatic amines is 1. The van der Waals surface area contributed by atoms with E-state index in [0.717, 1.165) is 29.8 Å². The Morgan fingerprint density at radius 1 is 1.37 bits per heavy atom. The molecule has 1 aromatic carbocycles. The predicted octanol–water partition coefficient (Wildman–Crippen LogP) is 1.46. The highest BCUT2D eigenvalue weighted by molar-refractivity contribution is 5.97. The molecule has 0 spiro atoms. The third-order valence-corrected chi connectivity index (χ3v) is 4.97. The number of hydrogen-bond donors (Lipinski definition) is 2. The van der Waals surface area contributed by atoms with E-state index in [0.29, 0.717) is 18.5 Å². The number of likely N-dealkylation sites (N-methyl/N-ethyl adjacent to an activating group) is 1. The summed E-state index contributed by atoms with van der Waals surface area (Å²) in [7, 11) is 1.72. The molecular formula is C19H22N6O2. The molecule has 1 aliphatic rings. The molecule has 2 aromatic heterocycles. The van der Waals surface area contributed by atoms with Crippen molar-refractivity contribution in [1.82, 2.24) is 24.8 Å². The first-order valence-electron chi connectivity index (χ1n) is 8.96. The van der Waals surface area contributed by atoms with E-state index in [1.165, 1.54) is 0 Å². The molecule has 1 fully saturated rings. The number of carbonyl (C=O) groups excluding carboxylic acids is 1. The summed E-state index contributed by atoms with van der Waals surface area (Å²) in [4.78, 5) is 32.0. The minimum absolute atomic E-state index is 0.128. The van der Waals surface area contributed by atoms with Crippen LogP contribution in [0, 0.1) is 0 Å². The first-order valence-corrected chi connectivity index (χ1v) is 8.96. The van der Waals surface area contributed by atoms with Crippen LogP contribution in [0.15, 0.2) is 43.1 Å². The summed E-state index contributed by atoms with van der Waals surface area (Å²) in [5.74, 6) is 0.617. The highest BCUT2D eigenvalue weighted by atomic mass is 16.3. The molecule has 0 saturated carbocycles. The normalized spacial score (nSPS) is 20.0. The van der Waals surface area contributed by atoms with E-state index >= 15 is 0 Å². The van der Waals surface area contributed by atoms with Crippen molar-refractivity contribution in [3.05, 3.63) is 48.7 Å². The van der Waals surface area contributed by atoms with Gasteiger partial charge < -0.3 is 19.9 Å². The van der Waals surface area contributed by atoms with E-state index in [1.807, 2.05) is 11.0 Å². The van der Waals surface area contributed by atoms with Gasteiger partial charge in [0.25, 0.3) is 5.91 Å². The molecule has 0 aliphatic carbocycles. The summed E-state index contributed by atoms with van der Waals surface area (Å²) in [5.41, 5.74) is 1.22. The number of imidazole rings is 1. The molecule has 140 valence electrons. The van der Waals surface area contributed by atoms with Gasteiger partial charge in [0.1, 0.15) is 5.82 Å². The average molecular weight is 366 g/mol. The van der Waals surface area contributed by atoms with Gasteiger partial charge >= 0.3 is 0 Å². The van der Waals surface area contributed by atoms with Crippen LogP contribution in [0.1, 0.15) is 23.2 Å². The van der Waals surface area contributed by atoms with E-state index in [1.54, 1.807) is 49.0 Å². The second-order valence-corrected chi connectivity index (χ2v) is 7.11. The molecule has 27 heavy (non-hydrogen) atoms. The van der Waals surface area contributed by atoms with Crippen LogP contribution in [-0.4, -0.2) is 68.1 Å². The van der Waals surface area contributed by atoms with Gasteiger partial charge in [-0.15, -0.1) is 0 Å². The quantitative estimate of drug-likeness (QED) is 0.725. The predicted molar refractivity (Wildman–Crippen MR) is 101 cm³/mol. The van der Waals surface area contributed by atoms with Gasteiger partial charge in [0.05, 0.1) is 35.7 Å². The smallest absolute Gasteiger partial charge is 0.253 e. The first kappa shape index (κ1) is 17.4. The lowest BCUT2D eigenvalue weighted by Crippen LogP contribution is -2.54. The summed E-state index contributed by atoms with van der Waals surface area (Å²) in [6.45, 7) is 1.49. The summed E-state index contributed by atoms with van der Waals surface area (Å²) in [6.07, 6.45) is 8.04. The fourth-order valence-corrected chi connectivity index (χ4v) is 3.69. The summed E-state index contributed by atoms with van der Waals surface area (Å²) in [6, 6.07) is 5.37. The first-order chi connectivity index (χ1) is 13.0. The Morgan fingerprint density at radius 2 is 2.26 bits per heavy atom. The van der Waals surface area contributed by atoms with Crippen LogP contribution in [0.5, 0.6) is 0 Å². The molecule has 2 N–H and O–H groups in total. The lowest BCUT2D eigenvalue weighted by Gasteiger charge is -2.41. The van der Waals surface area contributed by atoms with Crippen molar-refractivity contribution < 1.29 is 9.90 Å². The number of anilines is 1. The fourth-order valence-electron chi connectivity index (χ4n) is 3.69. The van der Waals surface area contributed by atoms with Crippen LogP contribution >= 0.6 is 0 Å². The Hall–Kier alpha value is -3.00. The van der Waals surface area contributed by atoms with Crippen molar-refractivity contribution in [2.24, 2.45) is 0 Å². The minimum atomic E-state index is -0.988. The van der Waals surface area contributed by atoms with Crippen molar-refractivity contribution in [1.29, 1.82) is 0 Å². The maximum Gasteiger partial charge on any atom is 0.253 e. The highest BCUT2D eigenvalue weighted by Gasteiger charge is 2.36. The number of β-amino-alcohol motifs (C(OH)–C–C–N with tert-alkyl or cyclic N) is 1. The molecule has 0 radical (unpaired) electrons. The van der Waals surface area contributed by atoms with Gasteiger partial charge in [0.15, 0.2) is 0 Å². The number of hydrogen-bond acceptors (Lipinski definition) is 6. The lowest BCUT2D eigenvalue weighted by atomic mass is 9.92. The van der Waals surface area contributed by atoms with Crippen molar-refractivity contribution in [2.75, 3.05) is 31.6 Å². The summed E-state index contributed by atoms with van der Waals surface area (Å²) >= 11 is 0. The zero-order valence-electron chi connectivity index (χ0n) is 15.2. The number of benzene rings is 1. The Balaban J connectivity index is 1.47. The standard InChI is InChI=1S/C19H22N6O2/c1-24(18(26)14-3-4-15-16(9-14)23-13-22-15)11-19(27)5-2-8-25(12-19)17-10-20-6-7-21-17/h3-4,6-7,9-10,13,27H,2,5,8,11-12H2,1H3,(H,22,23). The van der Waals surface area contributed by atoms with Crippen molar-refractivity contribution in [3.63, 3.8) is 0 Å². The number of piperidine rings is 1. The average Bonchev–Trinajstić information content (AvgIpc) is 3.15. The molecule has 1 unspecified atom stereocenters. The molecule has 1 aliphatic heterocycles. The van der Waals surface area contributed by atoms with E-state index in [2.05, 4.69) is 19.9 Å². The van der Waals surface area contributed by atoms with Gasteiger partial charge in [-0.2, -0.15) is 0 Å². The van der Waals surface area contributed by atoms with Gasteiger partial charge in [0, 0.05) is 38.1 Å². The largest absolute Gasteiger partial charge is 0.386 e. The topological polar surface area (TPSA) is 98.2 Å². The molecule has 1 atom stereocenters. The number of nitrogens with zero attached hydrogens (tertiary/aromatic N) is 5. The third-order valence-electron chi connectivity index (χ3n) is 4.97. The van der Waals surface area contributed by atoms with Gasteiger partial charge in [-0.1, -0.05) is 0 Å². The zero-order chi connectivity index (χ0) is 18.9. The summed E-state index contributed by atoms with van der Waals surface area (Å²) in [5, 5.41) is 11.1. The van der Waals surface area contributed by atoms with Gasteiger partial charge in [-0.3, -0.25) is 9.78 Å². The Morgan fingerprint density at radius 3 is 3.07 bits per heavy atom. The molecule has 1 amide bonds. The van der Waals surface area contributed by atoms with Crippen LogP contribution in [0.4, 0.5) is 5.82 Å². The number of aromatic nitrogens is 4. The number of carbonyl (C=O) groups is 1. The highest BCUT2D eigenvalue weighted by Crippen LogP contribution is 2.25. The van der Waals surface area contributed by atoms with Gasteiger partial charge in [-0.25, -0.2) is 9.97 Å². The van der Waals surface area contributed by atoms with Crippen molar-refractivity contribution >= 4 is 22.8 Å². The molecule has 8 nitrogen and oxygen atoms in total. The SMILES string of the molecule is CN(CC1(O)CCCN(c2cnccn2)C1)C(=O)c1ccc2nc[nH]c2c1. The monoisotopic (exact) mass is 366 g/mol. The van der Waals surface area contributed by atoms with Crippen LogP contribution in [0.25, 0.3) is 11.0 Å². The molecule has 0 bridgehead atoms. The number of rotatable bonds is 4. The zero-order valence-corrected chi connectivity index (χ0v) is 15.2. The molecule has 3 aromatic rings. The minimum Gasteiger partial charge on any atom is -0.386 e. The molecule has 3 heterocycles.